The second-order valence-corrected chi connectivity index (χ2v) is 3.57. The van der Waals surface area contributed by atoms with E-state index in [0.717, 1.165) is 5.39 Å². The van der Waals surface area contributed by atoms with E-state index in [0.29, 0.717) is 10.9 Å². The van der Waals surface area contributed by atoms with Crippen LogP contribution in [-0.2, 0) is 0 Å². The third-order valence-corrected chi connectivity index (χ3v) is 2.51. The first-order valence-corrected chi connectivity index (χ1v) is 5.87. The Kier molecular flexibility index (Phi) is 4.60. The summed E-state index contributed by atoms with van der Waals surface area (Å²) >= 11 is 0. The number of carboxylic acid groups (broad SMARTS) is 1. The summed E-state index contributed by atoms with van der Waals surface area (Å²) < 4.78 is 0. The van der Waals surface area contributed by atoms with E-state index in [1.165, 1.54) is 13.0 Å². The van der Waals surface area contributed by atoms with Gasteiger partial charge < -0.3 is 5.11 Å². The quantitative estimate of drug-likeness (QED) is 0.818. The van der Waals surface area contributed by atoms with Crippen LogP contribution in [0.15, 0.2) is 36.4 Å². The second-order valence-electron chi connectivity index (χ2n) is 3.57. The first kappa shape index (κ1) is 13.9. The number of ketones is 1. The van der Waals surface area contributed by atoms with Gasteiger partial charge >= 0.3 is 5.97 Å². The monoisotopic (exact) mass is 244 g/mol. The van der Waals surface area contributed by atoms with Crippen LogP contribution in [0.5, 0.6) is 0 Å². The van der Waals surface area contributed by atoms with Gasteiger partial charge in [-0.05, 0) is 18.4 Å². The van der Waals surface area contributed by atoms with Gasteiger partial charge in [-0.3, -0.25) is 4.79 Å². The molecule has 2 aromatic rings. The van der Waals surface area contributed by atoms with Gasteiger partial charge in [0.1, 0.15) is 0 Å². The van der Waals surface area contributed by atoms with E-state index in [4.69, 9.17) is 5.11 Å². The highest BCUT2D eigenvalue weighted by Crippen LogP contribution is 2.23. The standard InChI is InChI=1S/C13H10O3.C2H6/c1-8(14)10-6-2-4-9-5-3-7-11(12(9)10)13(15)16;1-2/h2-7H,1H3,(H,15,16);1-2H3. The minimum atomic E-state index is -1.01. The molecule has 0 radical (unpaired) electrons. The molecule has 2 rings (SSSR count). The predicted octanol–water partition coefficient (Wildman–Crippen LogP) is 3.77. The summed E-state index contributed by atoms with van der Waals surface area (Å²) in [7, 11) is 0. The third-order valence-electron chi connectivity index (χ3n) is 2.51. The van der Waals surface area contributed by atoms with Crippen LogP contribution in [0, 0.1) is 0 Å². The molecule has 94 valence electrons. The zero-order valence-corrected chi connectivity index (χ0v) is 10.7. The van der Waals surface area contributed by atoms with Crippen LogP contribution in [0.3, 0.4) is 0 Å². The fraction of sp³-hybridized carbons (Fsp3) is 0.200. The van der Waals surface area contributed by atoms with Crippen molar-refractivity contribution >= 4 is 22.5 Å². The first-order valence-electron chi connectivity index (χ1n) is 5.87. The maximum Gasteiger partial charge on any atom is 0.336 e. The second kappa shape index (κ2) is 5.96. The van der Waals surface area contributed by atoms with E-state index in [9.17, 15) is 9.59 Å². The Morgan fingerprint density at radius 3 is 1.89 bits per heavy atom. The molecule has 2 aromatic carbocycles. The molecule has 0 bridgehead atoms. The molecule has 0 atom stereocenters. The summed E-state index contributed by atoms with van der Waals surface area (Å²) in [5, 5.41) is 10.4. The van der Waals surface area contributed by atoms with Gasteiger partial charge in [0.15, 0.2) is 5.78 Å². The highest BCUT2D eigenvalue weighted by atomic mass is 16.4. The molecule has 18 heavy (non-hydrogen) atoms. The Labute approximate surface area is 106 Å². The van der Waals surface area contributed by atoms with E-state index >= 15 is 0 Å². The lowest BCUT2D eigenvalue weighted by Crippen LogP contribution is -2.02. The van der Waals surface area contributed by atoms with Gasteiger partial charge in [-0.25, -0.2) is 4.79 Å². The number of aromatic carboxylic acids is 1. The zero-order valence-electron chi connectivity index (χ0n) is 10.7. The molecular weight excluding hydrogens is 228 g/mol. The van der Waals surface area contributed by atoms with Crippen molar-refractivity contribution in [2.24, 2.45) is 0 Å². The molecule has 3 nitrogen and oxygen atoms in total. The number of hydrogen-bond donors (Lipinski definition) is 1. The van der Waals surface area contributed by atoms with E-state index in [1.54, 1.807) is 30.3 Å². The maximum absolute atomic E-state index is 11.4. The summed E-state index contributed by atoms with van der Waals surface area (Å²) in [6.45, 7) is 5.44. The highest BCUT2D eigenvalue weighted by molar-refractivity contribution is 6.14. The number of hydrogen-bond acceptors (Lipinski definition) is 2. The molecule has 0 saturated carbocycles. The number of carbonyl (C=O) groups is 2. The van der Waals surface area contributed by atoms with Crippen molar-refractivity contribution in [2.45, 2.75) is 20.8 Å². The lowest BCUT2D eigenvalue weighted by Gasteiger charge is -2.06. The highest BCUT2D eigenvalue weighted by Gasteiger charge is 2.13. The third kappa shape index (κ3) is 2.56. The summed E-state index contributed by atoms with van der Waals surface area (Å²) in [5.74, 6) is -1.14. The van der Waals surface area contributed by atoms with Gasteiger partial charge in [-0.1, -0.05) is 44.2 Å². The number of Topliss-reactive ketones (excluding diaryl/α,β-unsaturated/α-hetero) is 1. The smallest absolute Gasteiger partial charge is 0.336 e. The van der Waals surface area contributed by atoms with E-state index in [2.05, 4.69) is 0 Å². The van der Waals surface area contributed by atoms with Crippen molar-refractivity contribution in [3.63, 3.8) is 0 Å². The van der Waals surface area contributed by atoms with Gasteiger partial charge in [0, 0.05) is 10.9 Å². The fourth-order valence-corrected chi connectivity index (χ4v) is 1.81. The van der Waals surface area contributed by atoms with Crippen molar-refractivity contribution in [2.75, 3.05) is 0 Å². The fourth-order valence-electron chi connectivity index (χ4n) is 1.81. The number of fused-ring (bicyclic) bond motifs is 1. The molecule has 0 aliphatic heterocycles. The molecular formula is C15H16O3. The summed E-state index contributed by atoms with van der Waals surface area (Å²) in [6.07, 6.45) is 0. The average Bonchev–Trinajstić information content (AvgIpc) is 2.39. The normalized spacial score (nSPS) is 9.50. The Morgan fingerprint density at radius 1 is 0.944 bits per heavy atom. The maximum atomic E-state index is 11.4. The van der Waals surface area contributed by atoms with Crippen LogP contribution < -0.4 is 0 Å². The van der Waals surface area contributed by atoms with E-state index in [1.807, 2.05) is 13.8 Å². The van der Waals surface area contributed by atoms with Crippen LogP contribution in [0.4, 0.5) is 0 Å². The molecule has 0 heterocycles. The predicted molar refractivity (Wildman–Crippen MR) is 72.3 cm³/mol. The number of carboxylic acids is 1. The zero-order chi connectivity index (χ0) is 13.7. The lowest BCUT2D eigenvalue weighted by molar-refractivity contribution is 0.0699. The molecule has 0 aromatic heterocycles. The molecule has 0 aliphatic carbocycles. The number of carbonyl (C=O) groups excluding carboxylic acids is 1. The van der Waals surface area contributed by atoms with Crippen molar-refractivity contribution in [3.8, 4) is 0 Å². The molecule has 0 fully saturated rings. The molecule has 1 N–H and O–H groups in total. The van der Waals surface area contributed by atoms with Crippen molar-refractivity contribution in [1.29, 1.82) is 0 Å². The Hall–Kier alpha value is -2.16. The minimum absolute atomic E-state index is 0.126. The van der Waals surface area contributed by atoms with Crippen LogP contribution >= 0.6 is 0 Å². The topological polar surface area (TPSA) is 54.4 Å². The SMILES string of the molecule is CC.CC(=O)c1cccc2cccc(C(=O)O)c12. The Morgan fingerprint density at radius 2 is 1.44 bits per heavy atom. The van der Waals surface area contributed by atoms with Crippen LogP contribution in [0.25, 0.3) is 10.8 Å². The average molecular weight is 244 g/mol. The lowest BCUT2D eigenvalue weighted by atomic mass is 9.97. The summed E-state index contributed by atoms with van der Waals surface area (Å²) in [6, 6.07) is 10.2. The first-order chi connectivity index (χ1) is 8.61. The van der Waals surface area contributed by atoms with Gasteiger partial charge in [-0.2, -0.15) is 0 Å². The molecule has 0 unspecified atom stereocenters. The van der Waals surface area contributed by atoms with Gasteiger partial charge in [0.25, 0.3) is 0 Å². The van der Waals surface area contributed by atoms with Crippen LogP contribution in [0.1, 0.15) is 41.5 Å². The Balaban J connectivity index is 0.000000771. The molecule has 0 amide bonds. The largest absolute Gasteiger partial charge is 0.478 e. The molecule has 0 saturated heterocycles. The van der Waals surface area contributed by atoms with Gasteiger partial charge in [-0.15, -0.1) is 0 Å². The van der Waals surface area contributed by atoms with Gasteiger partial charge in [0.05, 0.1) is 5.56 Å². The number of benzene rings is 2. The van der Waals surface area contributed by atoms with Crippen molar-refractivity contribution < 1.29 is 14.7 Å². The van der Waals surface area contributed by atoms with Gasteiger partial charge in [0.2, 0.25) is 0 Å². The van der Waals surface area contributed by atoms with Crippen molar-refractivity contribution in [3.05, 3.63) is 47.5 Å². The number of rotatable bonds is 2. The molecule has 3 heteroatoms. The minimum Gasteiger partial charge on any atom is -0.478 e. The molecule has 0 aliphatic rings. The molecule has 0 spiro atoms. The van der Waals surface area contributed by atoms with E-state index in [-0.39, 0.29) is 11.3 Å². The van der Waals surface area contributed by atoms with Crippen molar-refractivity contribution in [1.82, 2.24) is 0 Å². The van der Waals surface area contributed by atoms with Crippen LogP contribution in [0.2, 0.25) is 0 Å². The summed E-state index contributed by atoms with van der Waals surface area (Å²) in [4.78, 5) is 22.5. The summed E-state index contributed by atoms with van der Waals surface area (Å²) in [5.41, 5.74) is 0.624. The Bertz CT molecular complexity index is 537. The van der Waals surface area contributed by atoms with Crippen LogP contribution in [-0.4, -0.2) is 16.9 Å². The van der Waals surface area contributed by atoms with E-state index < -0.39 is 5.97 Å².